The lowest BCUT2D eigenvalue weighted by molar-refractivity contribution is -0.274. The minimum atomic E-state index is -4.86. The number of ether oxygens (including phenoxy) is 1. The molecule has 0 spiro atoms. The topological polar surface area (TPSA) is 84.5 Å². The SMILES string of the molecule is CC(NC(=O)CCNS(=O)(=O)c1ccc(OC(F)(F)F)cc1)c1ccc(Br)cc1. The normalized spacial score (nSPS) is 13.0. The van der Waals surface area contributed by atoms with Gasteiger partial charge in [-0.15, -0.1) is 13.2 Å². The van der Waals surface area contributed by atoms with Gasteiger partial charge in [-0.25, -0.2) is 13.1 Å². The number of amides is 1. The molecule has 0 aliphatic rings. The molecule has 2 aromatic carbocycles. The van der Waals surface area contributed by atoms with Crippen LogP contribution in [0.5, 0.6) is 5.75 Å². The van der Waals surface area contributed by atoms with E-state index in [1.165, 1.54) is 0 Å². The van der Waals surface area contributed by atoms with E-state index >= 15 is 0 Å². The van der Waals surface area contributed by atoms with Crippen LogP contribution in [0.2, 0.25) is 0 Å². The van der Waals surface area contributed by atoms with Gasteiger partial charge in [0.15, 0.2) is 0 Å². The predicted molar refractivity (Wildman–Crippen MR) is 104 cm³/mol. The molecule has 0 saturated carbocycles. The smallest absolute Gasteiger partial charge is 0.406 e. The lowest BCUT2D eigenvalue weighted by Crippen LogP contribution is -2.32. The zero-order valence-electron chi connectivity index (χ0n) is 15.2. The molecule has 0 aliphatic heterocycles. The Morgan fingerprint density at radius 2 is 1.69 bits per heavy atom. The summed E-state index contributed by atoms with van der Waals surface area (Å²) in [5.74, 6) is -0.880. The summed E-state index contributed by atoms with van der Waals surface area (Å²) in [7, 11) is -3.97. The molecule has 2 aromatic rings. The number of sulfonamides is 1. The summed E-state index contributed by atoms with van der Waals surface area (Å²) in [6.45, 7) is 1.64. The van der Waals surface area contributed by atoms with Gasteiger partial charge in [-0.3, -0.25) is 4.79 Å². The molecular weight excluding hydrogens is 477 g/mol. The van der Waals surface area contributed by atoms with Crippen molar-refractivity contribution in [1.29, 1.82) is 0 Å². The van der Waals surface area contributed by atoms with E-state index in [0.717, 1.165) is 34.3 Å². The van der Waals surface area contributed by atoms with Gasteiger partial charge >= 0.3 is 6.36 Å². The second kappa shape index (κ2) is 9.59. The second-order valence-electron chi connectivity index (χ2n) is 6.01. The van der Waals surface area contributed by atoms with Crippen molar-refractivity contribution >= 4 is 31.9 Å². The van der Waals surface area contributed by atoms with Crippen molar-refractivity contribution in [1.82, 2.24) is 10.0 Å². The summed E-state index contributed by atoms with van der Waals surface area (Å²) in [5.41, 5.74) is 0.892. The first-order valence-electron chi connectivity index (χ1n) is 8.36. The molecular formula is C18H18BrF3N2O4S. The maximum atomic E-state index is 12.2. The summed E-state index contributed by atoms with van der Waals surface area (Å²) in [4.78, 5) is 11.8. The standard InChI is InChI=1S/C18H18BrF3N2O4S/c1-12(13-2-4-14(19)5-3-13)24-17(25)10-11-23-29(26,27)16-8-6-15(7-9-16)28-18(20,21)22/h2-9,12,23H,10-11H2,1H3,(H,24,25). The van der Waals surface area contributed by atoms with E-state index in [1.54, 1.807) is 6.92 Å². The van der Waals surface area contributed by atoms with E-state index in [2.05, 4.69) is 30.7 Å². The van der Waals surface area contributed by atoms with Crippen molar-refractivity contribution < 1.29 is 31.1 Å². The molecule has 6 nitrogen and oxygen atoms in total. The van der Waals surface area contributed by atoms with E-state index < -0.39 is 22.1 Å². The summed E-state index contributed by atoms with van der Waals surface area (Å²) < 4.78 is 67.6. The fourth-order valence-corrected chi connectivity index (χ4v) is 3.65. The summed E-state index contributed by atoms with van der Waals surface area (Å²) >= 11 is 3.32. The lowest BCUT2D eigenvalue weighted by atomic mass is 10.1. The Labute approximate surface area is 174 Å². The monoisotopic (exact) mass is 494 g/mol. The zero-order chi connectivity index (χ0) is 21.7. The molecule has 2 rings (SSSR count). The Bertz CT molecular complexity index is 933. The number of halogens is 4. The van der Waals surface area contributed by atoms with E-state index in [0.29, 0.717) is 0 Å². The van der Waals surface area contributed by atoms with Crippen molar-refractivity contribution in [2.45, 2.75) is 30.6 Å². The Balaban J connectivity index is 1.85. The third-order valence-electron chi connectivity index (χ3n) is 3.76. The first-order valence-corrected chi connectivity index (χ1v) is 10.6. The fourth-order valence-electron chi connectivity index (χ4n) is 2.35. The maximum Gasteiger partial charge on any atom is 0.573 e. The minimum absolute atomic E-state index is 0.102. The van der Waals surface area contributed by atoms with Crippen LogP contribution in [0, 0.1) is 0 Å². The number of benzene rings is 2. The van der Waals surface area contributed by atoms with Crippen molar-refractivity contribution in [2.24, 2.45) is 0 Å². The highest BCUT2D eigenvalue weighted by Crippen LogP contribution is 2.23. The van der Waals surface area contributed by atoms with Crippen LogP contribution in [0.3, 0.4) is 0 Å². The Hall–Kier alpha value is -2.11. The van der Waals surface area contributed by atoms with Gasteiger partial charge in [0.05, 0.1) is 10.9 Å². The third-order valence-corrected chi connectivity index (χ3v) is 5.76. The summed E-state index contributed by atoms with van der Waals surface area (Å²) in [6.07, 6.45) is -4.96. The highest BCUT2D eigenvalue weighted by atomic mass is 79.9. The van der Waals surface area contributed by atoms with Crippen LogP contribution in [-0.2, 0) is 14.8 Å². The number of carbonyl (C=O) groups is 1. The van der Waals surface area contributed by atoms with Crippen molar-refractivity contribution in [3.63, 3.8) is 0 Å². The van der Waals surface area contributed by atoms with Crippen LogP contribution >= 0.6 is 15.9 Å². The Morgan fingerprint density at radius 3 is 2.24 bits per heavy atom. The second-order valence-corrected chi connectivity index (χ2v) is 8.69. The molecule has 0 heterocycles. The van der Waals surface area contributed by atoms with E-state index in [1.807, 2.05) is 24.3 Å². The fraction of sp³-hybridized carbons (Fsp3) is 0.278. The number of carbonyl (C=O) groups excluding carboxylic acids is 1. The summed E-state index contributed by atoms with van der Waals surface area (Å²) in [5, 5.41) is 2.76. The van der Waals surface area contributed by atoms with E-state index in [4.69, 9.17) is 0 Å². The molecule has 0 radical (unpaired) electrons. The van der Waals surface area contributed by atoms with Crippen molar-refractivity contribution in [3.8, 4) is 5.75 Å². The molecule has 158 valence electrons. The van der Waals surface area contributed by atoms with Gasteiger partial charge in [-0.05, 0) is 48.9 Å². The lowest BCUT2D eigenvalue weighted by Gasteiger charge is -2.15. The Kier molecular flexibility index (Phi) is 7.66. The number of hydrogen-bond donors (Lipinski definition) is 2. The van der Waals surface area contributed by atoms with Crippen LogP contribution in [0.1, 0.15) is 24.9 Å². The average Bonchev–Trinajstić information content (AvgIpc) is 2.61. The van der Waals surface area contributed by atoms with E-state index in [9.17, 15) is 26.4 Å². The largest absolute Gasteiger partial charge is 0.573 e. The quantitative estimate of drug-likeness (QED) is 0.582. The molecule has 0 fully saturated rings. The number of hydrogen-bond acceptors (Lipinski definition) is 4. The number of rotatable bonds is 8. The number of nitrogens with one attached hydrogen (secondary N) is 2. The zero-order valence-corrected chi connectivity index (χ0v) is 17.6. The number of alkyl halides is 3. The van der Waals surface area contributed by atoms with Crippen LogP contribution in [0.25, 0.3) is 0 Å². The molecule has 0 aromatic heterocycles. The van der Waals surface area contributed by atoms with Crippen molar-refractivity contribution in [3.05, 3.63) is 58.6 Å². The van der Waals surface area contributed by atoms with Crippen LogP contribution in [0.4, 0.5) is 13.2 Å². The average molecular weight is 495 g/mol. The summed E-state index contributed by atoms with van der Waals surface area (Å²) in [6, 6.07) is 10.9. The van der Waals surface area contributed by atoms with Crippen molar-refractivity contribution in [2.75, 3.05) is 6.54 Å². The maximum absolute atomic E-state index is 12.2. The minimum Gasteiger partial charge on any atom is -0.406 e. The first kappa shape index (κ1) is 23.2. The van der Waals surface area contributed by atoms with Crippen LogP contribution < -0.4 is 14.8 Å². The molecule has 1 atom stereocenters. The molecule has 0 aliphatic carbocycles. The van der Waals surface area contributed by atoms with Gasteiger partial charge in [0, 0.05) is 17.4 Å². The van der Waals surface area contributed by atoms with Gasteiger partial charge in [-0.2, -0.15) is 0 Å². The molecule has 0 bridgehead atoms. The highest BCUT2D eigenvalue weighted by Gasteiger charge is 2.31. The highest BCUT2D eigenvalue weighted by molar-refractivity contribution is 9.10. The first-order chi connectivity index (χ1) is 13.5. The molecule has 1 amide bonds. The van der Waals surface area contributed by atoms with Gasteiger partial charge in [-0.1, -0.05) is 28.1 Å². The van der Waals surface area contributed by atoms with E-state index in [-0.39, 0.29) is 29.8 Å². The third kappa shape index (κ3) is 7.67. The molecule has 29 heavy (non-hydrogen) atoms. The predicted octanol–water partition coefficient (Wildman–Crippen LogP) is 3.89. The van der Waals surface area contributed by atoms with Crippen LogP contribution in [0.15, 0.2) is 57.9 Å². The van der Waals surface area contributed by atoms with Gasteiger partial charge in [0.2, 0.25) is 15.9 Å². The van der Waals surface area contributed by atoms with Gasteiger partial charge < -0.3 is 10.1 Å². The molecule has 11 heteroatoms. The van der Waals surface area contributed by atoms with Crippen LogP contribution in [-0.4, -0.2) is 27.2 Å². The Morgan fingerprint density at radius 1 is 1.10 bits per heavy atom. The molecule has 1 unspecified atom stereocenters. The van der Waals surface area contributed by atoms with Gasteiger partial charge in [0.25, 0.3) is 0 Å². The molecule has 2 N–H and O–H groups in total. The molecule has 0 saturated heterocycles. The van der Waals surface area contributed by atoms with Gasteiger partial charge in [0.1, 0.15) is 5.75 Å².